The summed E-state index contributed by atoms with van der Waals surface area (Å²) in [4.78, 5) is 9.10. The maximum absolute atomic E-state index is 5.42. The first-order chi connectivity index (χ1) is 10.1. The van der Waals surface area contributed by atoms with Gasteiger partial charge >= 0.3 is 0 Å². The second-order valence-corrected chi connectivity index (χ2v) is 4.62. The van der Waals surface area contributed by atoms with E-state index in [4.69, 9.17) is 9.47 Å². The van der Waals surface area contributed by atoms with Crippen LogP contribution in [0.2, 0.25) is 0 Å². The third kappa shape index (κ3) is 3.13. The minimum absolute atomic E-state index is 0.426. The van der Waals surface area contributed by atoms with Gasteiger partial charge in [-0.2, -0.15) is 5.10 Å². The molecule has 0 aliphatic heterocycles. The van der Waals surface area contributed by atoms with Crippen LogP contribution in [0, 0.1) is 6.92 Å². The molecule has 0 aromatic carbocycles. The van der Waals surface area contributed by atoms with Gasteiger partial charge in [-0.25, -0.2) is 14.6 Å². The predicted molar refractivity (Wildman–Crippen MR) is 80.4 cm³/mol. The summed E-state index contributed by atoms with van der Waals surface area (Å²) < 4.78 is 12.3. The van der Waals surface area contributed by atoms with Gasteiger partial charge in [0.1, 0.15) is 11.4 Å². The number of hydrogen-bond donors (Lipinski definition) is 1. The van der Waals surface area contributed by atoms with Gasteiger partial charge in [-0.05, 0) is 13.8 Å². The minimum atomic E-state index is 0.426. The molecule has 0 unspecified atom stereocenters. The molecule has 21 heavy (non-hydrogen) atoms. The van der Waals surface area contributed by atoms with Gasteiger partial charge in [0.05, 0.1) is 25.1 Å². The number of nitrogens with one attached hydrogen (secondary N) is 1. The standard InChI is InChI=1S/C14H21N5O2/c1-6-15-11-7-10(8-20-4)16-13(17-11)12-9(2)18-19(3)14(12)21-5/h7H,6,8H2,1-5H3,(H,15,16,17). The molecule has 0 spiro atoms. The van der Waals surface area contributed by atoms with E-state index in [1.54, 1.807) is 18.9 Å². The van der Waals surface area contributed by atoms with Gasteiger partial charge in [0, 0.05) is 26.8 Å². The number of hydrogen-bond acceptors (Lipinski definition) is 6. The van der Waals surface area contributed by atoms with Gasteiger partial charge in [-0.15, -0.1) is 0 Å². The van der Waals surface area contributed by atoms with Gasteiger partial charge in [-0.3, -0.25) is 0 Å². The van der Waals surface area contributed by atoms with Crippen molar-refractivity contribution in [1.82, 2.24) is 19.7 Å². The van der Waals surface area contributed by atoms with E-state index in [9.17, 15) is 0 Å². The van der Waals surface area contributed by atoms with Gasteiger partial charge in [-0.1, -0.05) is 0 Å². The summed E-state index contributed by atoms with van der Waals surface area (Å²) in [6.07, 6.45) is 0. The molecule has 0 amide bonds. The molecular formula is C14H21N5O2. The molecule has 2 rings (SSSR count). The SMILES string of the molecule is CCNc1cc(COC)nc(-c2c(C)nn(C)c2OC)n1. The number of ether oxygens (including phenoxy) is 2. The number of methoxy groups -OCH3 is 2. The maximum Gasteiger partial charge on any atom is 0.222 e. The lowest BCUT2D eigenvalue weighted by atomic mass is 10.2. The zero-order valence-corrected chi connectivity index (χ0v) is 13.1. The Labute approximate surface area is 124 Å². The van der Waals surface area contributed by atoms with E-state index in [1.807, 2.05) is 27.0 Å². The van der Waals surface area contributed by atoms with Crippen molar-refractivity contribution in [3.63, 3.8) is 0 Å². The Hall–Kier alpha value is -2.15. The minimum Gasteiger partial charge on any atom is -0.481 e. The molecule has 2 heterocycles. The van der Waals surface area contributed by atoms with E-state index in [2.05, 4.69) is 20.4 Å². The molecular weight excluding hydrogens is 270 g/mol. The van der Waals surface area contributed by atoms with E-state index in [-0.39, 0.29) is 0 Å². The third-order valence-electron chi connectivity index (χ3n) is 3.02. The van der Waals surface area contributed by atoms with Crippen molar-refractivity contribution < 1.29 is 9.47 Å². The lowest BCUT2D eigenvalue weighted by Crippen LogP contribution is -2.05. The van der Waals surface area contributed by atoms with Crippen molar-refractivity contribution in [1.29, 1.82) is 0 Å². The number of rotatable bonds is 6. The zero-order valence-electron chi connectivity index (χ0n) is 13.1. The summed E-state index contributed by atoms with van der Waals surface area (Å²) in [6.45, 7) is 5.15. The first-order valence-corrected chi connectivity index (χ1v) is 6.79. The Morgan fingerprint density at radius 1 is 1.29 bits per heavy atom. The van der Waals surface area contributed by atoms with Crippen LogP contribution in [0.3, 0.4) is 0 Å². The summed E-state index contributed by atoms with van der Waals surface area (Å²) >= 11 is 0. The summed E-state index contributed by atoms with van der Waals surface area (Å²) in [6, 6.07) is 1.88. The Morgan fingerprint density at radius 3 is 2.67 bits per heavy atom. The monoisotopic (exact) mass is 291 g/mol. The van der Waals surface area contributed by atoms with Crippen LogP contribution in [0.15, 0.2) is 6.07 Å². The Morgan fingerprint density at radius 2 is 2.05 bits per heavy atom. The molecule has 0 fully saturated rings. The molecule has 7 heteroatoms. The molecule has 2 aromatic rings. The van der Waals surface area contributed by atoms with E-state index >= 15 is 0 Å². The average Bonchev–Trinajstić information content (AvgIpc) is 2.73. The molecule has 0 atom stereocenters. The van der Waals surface area contributed by atoms with Crippen LogP contribution < -0.4 is 10.1 Å². The van der Waals surface area contributed by atoms with Crippen molar-refractivity contribution in [2.45, 2.75) is 20.5 Å². The third-order valence-corrected chi connectivity index (χ3v) is 3.02. The Balaban J connectivity index is 2.56. The van der Waals surface area contributed by atoms with Crippen LogP contribution in [-0.4, -0.2) is 40.5 Å². The van der Waals surface area contributed by atoms with E-state index in [0.29, 0.717) is 18.3 Å². The van der Waals surface area contributed by atoms with Gasteiger partial charge < -0.3 is 14.8 Å². The quantitative estimate of drug-likeness (QED) is 0.874. The summed E-state index contributed by atoms with van der Waals surface area (Å²) in [5.41, 5.74) is 2.44. The molecule has 7 nitrogen and oxygen atoms in total. The highest BCUT2D eigenvalue weighted by atomic mass is 16.5. The second-order valence-electron chi connectivity index (χ2n) is 4.62. The van der Waals surface area contributed by atoms with Crippen molar-refractivity contribution in [3.8, 4) is 17.3 Å². The number of aromatic nitrogens is 4. The van der Waals surface area contributed by atoms with Crippen molar-refractivity contribution in [3.05, 3.63) is 17.5 Å². The maximum atomic E-state index is 5.42. The van der Waals surface area contributed by atoms with Gasteiger partial charge in [0.2, 0.25) is 5.88 Å². The van der Waals surface area contributed by atoms with Crippen LogP contribution in [0.5, 0.6) is 5.88 Å². The highest BCUT2D eigenvalue weighted by molar-refractivity contribution is 5.66. The normalized spacial score (nSPS) is 10.7. The second kappa shape index (κ2) is 6.53. The Bertz CT molecular complexity index is 600. The van der Waals surface area contributed by atoms with Crippen molar-refractivity contribution in [2.75, 3.05) is 26.1 Å². The molecule has 0 bridgehead atoms. The molecule has 114 valence electrons. The Kier molecular flexibility index (Phi) is 4.74. The van der Waals surface area contributed by atoms with E-state index in [1.165, 1.54) is 0 Å². The highest BCUT2D eigenvalue weighted by Gasteiger charge is 2.19. The summed E-state index contributed by atoms with van der Waals surface area (Å²) in [7, 11) is 5.09. The van der Waals surface area contributed by atoms with Gasteiger partial charge in [0.25, 0.3) is 0 Å². The largest absolute Gasteiger partial charge is 0.481 e. The van der Waals surface area contributed by atoms with Crippen LogP contribution in [0.1, 0.15) is 18.3 Å². The predicted octanol–water partition coefficient (Wildman–Crippen LogP) is 1.77. The summed E-state index contributed by atoms with van der Waals surface area (Å²) in [5, 5.41) is 7.58. The van der Waals surface area contributed by atoms with Crippen LogP contribution in [0.4, 0.5) is 5.82 Å². The smallest absolute Gasteiger partial charge is 0.222 e. The first-order valence-electron chi connectivity index (χ1n) is 6.79. The molecule has 1 N–H and O–H groups in total. The molecule has 0 aliphatic rings. The average molecular weight is 291 g/mol. The van der Waals surface area contributed by atoms with Crippen molar-refractivity contribution in [2.24, 2.45) is 7.05 Å². The zero-order chi connectivity index (χ0) is 15.4. The molecule has 0 saturated heterocycles. The first kappa shape index (κ1) is 15.2. The topological polar surface area (TPSA) is 74.1 Å². The molecule has 0 radical (unpaired) electrons. The fourth-order valence-electron chi connectivity index (χ4n) is 2.23. The number of anilines is 1. The lowest BCUT2D eigenvalue weighted by molar-refractivity contribution is 0.181. The van der Waals surface area contributed by atoms with E-state index in [0.717, 1.165) is 29.3 Å². The number of nitrogens with zero attached hydrogens (tertiary/aromatic N) is 4. The van der Waals surface area contributed by atoms with Crippen LogP contribution in [-0.2, 0) is 18.4 Å². The van der Waals surface area contributed by atoms with Crippen molar-refractivity contribution >= 4 is 5.82 Å². The van der Waals surface area contributed by atoms with Crippen LogP contribution in [0.25, 0.3) is 11.4 Å². The lowest BCUT2D eigenvalue weighted by Gasteiger charge is -2.09. The molecule has 0 aliphatic carbocycles. The molecule has 2 aromatic heterocycles. The highest BCUT2D eigenvalue weighted by Crippen LogP contribution is 2.31. The number of aryl methyl sites for hydroxylation is 2. The van der Waals surface area contributed by atoms with Gasteiger partial charge in [0.15, 0.2) is 5.82 Å². The van der Waals surface area contributed by atoms with Crippen LogP contribution >= 0.6 is 0 Å². The fraction of sp³-hybridized carbons (Fsp3) is 0.500. The fourth-order valence-corrected chi connectivity index (χ4v) is 2.23. The molecule has 0 saturated carbocycles. The summed E-state index contributed by atoms with van der Waals surface area (Å²) in [5.74, 6) is 1.99. The van der Waals surface area contributed by atoms with E-state index < -0.39 is 0 Å².